The van der Waals surface area contributed by atoms with Crippen molar-refractivity contribution < 1.29 is 9.26 Å². The second kappa shape index (κ2) is 6.27. The minimum atomic E-state index is 0.117. The van der Waals surface area contributed by atoms with Crippen LogP contribution < -0.4 is 9.64 Å². The molecule has 1 atom stereocenters. The van der Waals surface area contributed by atoms with Crippen LogP contribution in [0.3, 0.4) is 0 Å². The van der Waals surface area contributed by atoms with Gasteiger partial charge >= 0.3 is 0 Å². The van der Waals surface area contributed by atoms with Crippen LogP contribution in [0.4, 0.5) is 5.82 Å². The van der Waals surface area contributed by atoms with Crippen molar-refractivity contribution >= 4 is 5.82 Å². The molecule has 0 radical (unpaired) electrons. The van der Waals surface area contributed by atoms with Gasteiger partial charge in [0, 0.05) is 31.6 Å². The van der Waals surface area contributed by atoms with Gasteiger partial charge in [0.25, 0.3) is 5.89 Å². The van der Waals surface area contributed by atoms with Crippen LogP contribution >= 0.6 is 0 Å². The molecule has 0 spiro atoms. The molecule has 1 saturated heterocycles. The molecule has 3 aromatic heterocycles. The van der Waals surface area contributed by atoms with Crippen LogP contribution in [-0.2, 0) is 0 Å². The largest absolute Gasteiger partial charge is 0.488 e. The Morgan fingerprint density at radius 1 is 1.21 bits per heavy atom. The van der Waals surface area contributed by atoms with Gasteiger partial charge in [-0.05, 0) is 31.2 Å². The number of anilines is 1. The average Bonchev–Trinajstić information content (AvgIpc) is 3.25. The summed E-state index contributed by atoms with van der Waals surface area (Å²) in [7, 11) is 0. The number of nitrogens with zero attached hydrogens (tertiary/aromatic N) is 5. The normalized spacial score (nSPS) is 17.2. The third kappa shape index (κ3) is 2.92. The van der Waals surface area contributed by atoms with Gasteiger partial charge in [-0.2, -0.15) is 4.98 Å². The second-order valence-electron chi connectivity index (χ2n) is 5.68. The van der Waals surface area contributed by atoms with E-state index >= 15 is 0 Å². The van der Waals surface area contributed by atoms with E-state index in [9.17, 15) is 0 Å². The lowest BCUT2D eigenvalue weighted by atomic mass is 10.2. The Labute approximate surface area is 139 Å². The molecule has 0 aromatic carbocycles. The number of hydrogen-bond acceptors (Lipinski definition) is 7. The van der Waals surface area contributed by atoms with Gasteiger partial charge in [0.15, 0.2) is 5.82 Å². The molecule has 0 amide bonds. The van der Waals surface area contributed by atoms with E-state index in [-0.39, 0.29) is 6.10 Å². The summed E-state index contributed by atoms with van der Waals surface area (Å²) in [5.74, 6) is 2.79. The summed E-state index contributed by atoms with van der Waals surface area (Å²) in [6, 6.07) is 7.57. The van der Waals surface area contributed by atoms with Gasteiger partial charge in [-0.1, -0.05) is 5.16 Å². The van der Waals surface area contributed by atoms with Gasteiger partial charge in [0.1, 0.15) is 17.7 Å². The van der Waals surface area contributed by atoms with Crippen molar-refractivity contribution in [3.63, 3.8) is 0 Å². The predicted octanol–water partition coefficient (Wildman–Crippen LogP) is 2.49. The highest BCUT2D eigenvalue weighted by Gasteiger charge is 2.27. The first kappa shape index (κ1) is 14.6. The molecule has 4 rings (SSSR count). The van der Waals surface area contributed by atoms with Crippen LogP contribution in [0.1, 0.15) is 12.2 Å². The SMILES string of the molecule is Cc1noc(-c2cccnc2N2CC[C@H](Oc3ccncc3)C2)n1. The third-order valence-electron chi connectivity index (χ3n) is 3.94. The summed E-state index contributed by atoms with van der Waals surface area (Å²) in [5, 5.41) is 3.87. The Morgan fingerprint density at radius 2 is 2.08 bits per heavy atom. The van der Waals surface area contributed by atoms with Gasteiger partial charge in [0.05, 0.1) is 12.1 Å². The Morgan fingerprint density at radius 3 is 2.88 bits per heavy atom. The first-order chi connectivity index (χ1) is 11.8. The number of pyridine rings is 2. The number of rotatable bonds is 4. The zero-order chi connectivity index (χ0) is 16.4. The second-order valence-corrected chi connectivity index (χ2v) is 5.68. The topological polar surface area (TPSA) is 77.2 Å². The minimum Gasteiger partial charge on any atom is -0.488 e. The number of hydrogen-bond donors (Lipinski definition) is 0. The first-order valence-electron chi connectivity index (χ1n) is 7.87. The molecule has 1 aliphatic heterocycles. The third-order valence-corrected chi connectivity index (χ3v) is 3.94. The van der Waals surface area contributed by atoms with Crippen LogP contribution in [0.25, 0.3) is 11.5 Å². The van der Waals surface area contributed by atoms with E-state index in [0.717, 1.165) is 36.6 Å². The predicted molar refractivity (Wildman–Crippen MR) is 87.7 cm³/mol. The Balaban J connectivity index is 1.53. The maximum atomic E-state index is 6.02. The van der Waals surface area contributed by atoms with E-state index in [1.54, 1.807) is 25.5 Å². The first-order valence-corrected chi connectivity index (χ1v) is 7.87. The molecule has 7 heteroatoms. The van der Waals surface area contributed by atoms with Crippen LogP contribution in [-0.4, -0.2) is 39.3 Å². The molecule has 24 heavy (non-hydrogen) atoms. The minimum absolute atomic E-state index is 0.117. The van der Waals surface area contributed by atoms with E-state index in [4.69, 9.17) is 9.26 Å². The van der Waals surface area contributed by atoms with Crippen molar-refractivity contribution in [1.29, 1.82) is 0 Å². The highest BCUT2D eigenvalue weighted by molar-refractivity contribution is 5.70. The van der Waals surface area contributed by atoms with E-state index in [1.807, 2.05) is 24.3 Å². The molecule has 3 aromatic rings. The summed E-state index contributed by atoms with van der Waals surface area (Å²) in [5.41, 5.74) is 0.850. The van der Waals surface area contributed by atoms with E-state index in [0.29, 0.717) is 11.7 Å². The van der Waals surface area contributed by atoms with Crippen LogP contribution in [0.15, 0.2) is 47.4 Å². The Hall–Kier alpha value is -2.96. The lowest BCUT2D eigenvalue weighted by molar-refractivity contribution is 0.224. The zero-order valence-corrected chi connectivity index (χ0v) is 13.3. The van der Waals surface area contributed by atoms with Crippen LogP contribution in [0, 0.1) is 6.92 Å². The molecule has 122 valence electrons. The summed E-state index contributed by atoms with van der Waals surface area (Å²) < 4.78 is 11.3. The van der Waals surface area contributed by atoms with Crippen LogP contribution in [0.2, 0.25) is 0 Å². The molecule has 7 nitrogen and oxygen atoms in total. The van der Waals surface area contributed by atoms with Crippen molar-refractivity contribution in [3.8, 4) is 17.2 Å². The number of aryl methyl sites for hydroxylation is 1. The molecule has 0 saturated carbocycles. The van der Waals surface area contributed by atoms with Gasteiger partial charge in [0.2, 0.25) is 0 Å². The lowest BCUT2D eigenvalue weighted by Gasteiger charge is -2.19. The summed E-state index contributed by atoms with van der Waals surface area (Å²) in [4.78, 5) is 15.0. The Kier molecular flexibility index (Phi) is 3.82. The fourth-order valence-electron chi connectivity index (χ4n) is 2.85. The number of ether oxygens (including phenoxy) is 1. The molecule has 1 aliphatic rings. The standard InChI is InChI=1S/C17H17N5O2/c1-12-20-17(24-21-12)15-3-2-7-19-16(15)22-10-6-14(11-22)23-13-4-8-18-9-5-13/h2-5,7-9,14H,6,10-11H2,1H3/t14-/m0/s1. The molecule has 1 fully saturated rings. The van der Waals surface area contributed by atoms with Gasteiger partial charge < -0.3 is 14.2 Å². The van der Waals surface area contributed by atoms with Crippen molar-refractivity contribution in [1.82, 2.24) is 20.1 Å². The molecular formula is C17H17N5O2. The smallest absolute Gasteiger partial charge is 0.261 e. The van der Waals surface area contributed by atoms with Crippen molar-refractivity contribution in [3.05, 3.63) is 48.7 Å². The molecule has 0 unspecified atom stereocenters. The van der Waals surface area contributed by atoms with Crippen molar-refractivity contribution in [2.24, 2.45) is 0 Å². The quantitative estimate of drug-likeness (QED) is 0.730. The van der Waals surface area contributed by atoms with E-state index in [2.05, 4.69) is 25.0 Å². The Bertz CT molecular complexity index is 821. The highest BCUT2D eigenvalue weighted by atomic mass is 16.5. The summed E-state index contributed by atoms with van der Waals surface area (Å²) >= 11 is 0. The molecule has 0 bridgehead atoms. The molecule has 0 aliphatic carbocycles. The average molecular weight is 323 g/mol. The monoisotopic (exact) mass is 323 g/mol. The maximum absolute atomic E-state index is 6.02. The van der Waals surface area contributed by atoms with Gasteiger partial charge in [-0.25, -0.2) is 4.98 Å². The van der Waals surface area contributed by atoms with Gasteiger partial charge in [-0.3, -0.25) is 4.98 Å². The van der Waals surface area contributed by atoms with Crippen molar-refractivity contribution in [2.75, 3.05) is 18.0 Å². The summed E-state index contributed by atoms with van der Waals surface area (Å²) in [6.45, 7) is 3.43. The van der Waals surface area contributed by atoms with Crippen LogP contribution in [0.5, 0.6) is 5.75 Å². The number of aromatic nitrogens is 4. The highest BCUT2D eigenvalue weighted by Crippen LogP contribution is 2.30. The van der Waals surface area contributed by atoms with E-state index < -0.39 is 0 Å². The maximum Gasteiger partial charge on any atom is 0.261 e. The molecule has 4 heterocycles. The van der Waals surface area contributed by atoms with Gasteiger partial charge in [-0.15, -0.1) is 0 Å². The zero-order valence-electron chi connectivity index (χ0n) is 13.3. The van der Waals surface area contributed by atoms with E-state index in [1.165, 1.54) is 0 Å². The fourth-order valence-corrected chi connectivity index (χ4v) is 2.85. The molecule has 0 N–H and O–H groups in total. The lowest BCUT2D eigenvalue weighted by Crippen LogP contribution is -2.25. The fraction of sp³-hybridized carbons (Fsp3) is 0.294. The summed E-state index contributed by atoms with van der Waals surface area (Å²) in [6.07, 6.45) is 6.29. The van der Waals surface area contributed by atoms with Crippen molar-refractivity contribution in [2.45, 2.75) is 19.4 Å². The molecular weight excluding hydrogens is 306 g/mol.